The molecule has 0 aliphatic carbocycles. The van der Waals surface area contributed by atoms with Gasteiger partial charge in [0.15, 0.2) is 17.5 Å². The SMILES string of the molecule is CNC(C)c1cncc(-c2ccc(F)c(F)c2F)c1. The first-order chi connectivity index (χ1) is 9.04. The molecule has 0 saturated carbocycles. The van der Waals surface area contributed by atoms with E-state index in [0.29, 0.717) is 5.56 Å². The van der Waals surface area contributed by atoms with Gasteiger partial charge in [0.25, 0.3) is 0 Å². The monoisotopic (exact) mass is 266 g/mol. The van der Waals surface area contributed by atoms with Crippen molar-refractivity contribution in [2.75, 3.05) is 7.05 Å². The van der Waals surface area contributed by atoms with E-state index in [4.69, 9.17) is 0 Å². The van der Waals surface area contributed by atoms with Gasteiger partial charge in [0, 0.05) is 29.6 Å². The molecule has 1 aromatic carbocycles. The van der Waals surface area contributed by atoms with Crippen LogP contribution in [-0.2, 0) is 0 Å². The number of benzene rings is 1. The zero-order valence-corrected chi connectivity index (χ0v) is 10.5. The number of rotatable bonds is 3. The van der Waals surface area contributed by atoms with Crippen molar-refractivity contribution in [1.82, 2.24) is 10.3 Å². The average molecular weight is 266 g/mol. The van der Waals surface area contributed by atoms with Crippen LogP contribution < -0.4 is 5.32 Å². The third kappa shape index (κ3) is 2.61. The number of halogens is 3. The molecule has 0 aliphatic heterocycles. The fourth-order valence-electron chi connectivity index (χ4n) is 1.76. The molecule has 0 spiro atoms. The molecule has 0 fully saturated rings. The van der Waals surface area contributed by atoms with Crippen molar-refractivity contribution in [2.45, 2.75) is 13.0 Å². The van der Waals surface area contributed by atoms with Crippen molar-refractivity contribution in [3.05, 3.63) is 53.6 Å². The maximum absolute atomic E-state index is 13.7. The lowest BCUT2D eigenvalue weighted by atomic mass is 10.0. The molecule has 1 aromatic heterocycles. The molecule has 0 bridgehead atoms. The summed E-state index contributed by atoms with van der Waals surface area (Å²) in [5, 5.41) is 3.03. The van der Waals surface area contributed by atoms with E-state index in [0.717, 1.165) is 11.6 Å². The van der Waals surface area contributed by atoms with Crippen LogP contribution in [0.4, 0.5) is 13.2 Å². The van der Waals surface area contributed by atoms with Crippen molar-refractivity contribution < 1.29 is 13.2 Å². The molecular formula is C14H13F3N2. The zero-order valence-electron chi connectivity index (χ0n) is 10.5. The lowest BCUT2D eigenvalue weighted by molar-refractivity contribution is 0.449. The van der Waals surface area contributed by atoms with Crippen molar-refractivity contribution >= 4 is 0 Å². The first kappa shape index (κ1) is 13.5. The van der Waals surface area contributed by atoms with Crippen LogP contribution in [0.15, 0.2) is 30.6 Å². The van der Waals surface area contributed by atoms with Crippen molar-refractivity contribution in [2.24, 2.45) is 0 Å². The van der Waals surface area contributed by atoms with Gasteiger partial charge in [-0.3, -0.25) is 4.98 Å². The van der Waals surface area contributed by atoms with Gasteiger partial charge in [-0.25, -0.2) is 13.2 Å². The van der Waals surface area contributed by atoms with Crippen molar-refractivity contribution in [3.8, 4) is 11.1 Å². The highest BCUT2D eigenvalue weighted by atomic mass is 19.2. The third-order valence-electron chi connectivity index (χ3n) is 3.04. The van der Waals surface area contributed by atoms with E-state index in [-0.39, 0.29) is 11.6 Å². The van der Waals surface area contributed by atoms with Gasteiger partial charge in [-0.15, -0.1) is 0 Å². The summed E-state index contributed by atoms with van der Waals surface area (Å²) in [6.45, 7) is 1.92. The maximum atomic E-state index is 13.7. The first-order valence-electron chi connectivity index (χ1n) is 5.80. The average Bonchev–Trinajstić information content (AvgIpc) is 2.44. The second kappa shape index (κ2) is 5.40. The van der Waals surface area contributed by atoms with E-state index >= 15 is 0 Å². The van der Waals surface area contributed by atoms with E-state index in [2.05, 4.69) is 10.3 Å². The minimum absolute atomic E-state index is 0.00319. The molecule has 0 radical (unpaired) electrons. The topological polar surface area (TPSA) is 24.9 Å². The Morgan fingerprint density at radius 2 is 1.84 bits per heavy atom. The smallest absolute Gasteiger partial charge is 0.195 e. The van der Waals surface area contributed by atoms with Gasteiger partial charge in [0.05, 0.1) is 0 Å². The molecule has 0 saturated heterocycles. The zero-order chi connectivity index (χ0) is 14.0. The Hall–Kier alpha value is -1.88. The Labute approximate surface area is 109 Å². The first-order valence-corrected chi connectivity index (χ1v) is 5.80. The van der Waals surface area contributed by atoms with E-state index in [1.54, 1.807) is 19.3 Å². The van der Waals surface area contributed by atoms with Gasteiger partial charge in [0.2, 0.25) is 0 Å². The van der Waals surface area contributed by atoms with E-state index in [1.165, 1.54) is 12.3 Å². The van der Waals surface area contributed by atoms with Crippen LogP contribution in [-0.4, -0.2) is 12.0 Å². The summed E-state index contributed by atoms with van der Waals surface area (Å²) < 4.78 is 39.8. The molecule has 1 atom stereocenters. The maximum Gasteiger partial charge on any atom is 0.195 e. The second-order valence-electron chi connectivity index (χ2n) is 4.24. The van der Waals surface area contributed by atoms with E-state index < -0.39 is 17.5 Å². The number of nitrogens with one attached hydrogen (secondary N) is 1. The van der Waals surface area contributed by atoms with Crippen LogP contribution in [0.3, 0.4) is 0 Å². The van der Waals surface area contributed by atoms with Crippen LogP contribution in [0.2, 0.25) is 0 Å². The standard InChI is InChI=1S/C14H13F3N2/c1-8(18-2)9-5-10(7-19-6-9)11-3-4-12(15)14(17)13(11)16/h3-8,18H,1-2H3. The van der Waals surface area contributed by atoms with Gasteiger partial charge < -0.3 is 5.32 Å². The Kier molecular flexibility index (Phi) is 3.85. The molecule has 2 aromatic rings. The molecule has 100 valence electrons. The summed E-state index contributed by atoms with van der Waals surface area (Å²) in [6, 6.07) is 3.84. The van der Waals surface area contributed by atoms with Crippen LogP contribution in [0.5, 0.6) is 0 Å². The minimum atomic E-state index is -1.47. The van der Waals surface area contributed by atoms with Crippen molar-refractivity contribution in [3.63, 3.8) is 0 Å². The van der Waals surface area contributed by atoms with Crippen LogP contribution in [0, 0.1) is 17.5 Å². The van der Waals surface area contributed by atoms with Gasteiger partial charge in [-0.1, -0.05) is 0 Å². The van der Waals surface area contributed by atoms with E-state index in [1.807, 2.05) is 6.92 Å². The highest BCUT2D eigenvalue weighted by Gasteiger charge is 2.15. The molecule has 1 unspecified atom stereocenters. The number of hydrogen-bond donors (Lipinski definition) is 1. The third-order valence-corrected chi connectivity index (χ3v) is 3.04. The summed E-state index contributed by atoms with van der Waals surface area (Å²) in [6.07, 6.45) is 3.06. The number of pyridine rings is 1. The van der Waals surface area contributed by atoms with Gasteiger partial charge >= 0.3 is 0 Å². The summed E-state index contributed by atoms with van der Waals surface area (Å²) in [5.41, 5.74) is 1.25. The fourth-order valence-corrected chi connectivity index (χ4v) is 1.76. The molecule has 2 nitrogen and oxygen atoms in total. The fraction of sp³-hybridized carbons (Fsp3) is 0.214. The van der Waals surface area contributed by atoms with E-state index in [9.17, 15) is 13.2 Å². The molecule has 0 aliphatic rings. The molecule has 1 heterocycles. The summed E-state index contributed by atoms with van der Waals surface area (Å²) >= 11 is 0. The molecule has 2 rings (SSSR count). The molecule has 1 N–H and O–H groups in total. The van der Waals surface area contributed by atoms with Gasteiger partial charge in [0.1, 0.15) is 0 Å². The molecule has 19 heavy (non-hydrogen) atoms. The quantitative estimate of drug-likeness (QED) is 0.861. The summed E-state index contributed by atoms with van der Waals surface area (Å²) in [7, 11) is 1.79. The summed E-state index contributed by atoms with van der Waals surface area (Å²) in [4.78, 5) is 4.00. The Bertz CT molecular complexity index is 599. The predicted octanol–water partition coefficient (Wildman–Crippen LogP) is 3.45. The van der Waals surface area contributed by atoms with Crippen LogP contribution in [0.1, 0.15) is 18.5 Å². The second-order valence-corrected chi connectivity index (χ2v) is 4.24. The van der Waals surface area contributed by atoms with Crippen LogP contribution >= 0.6 is 0 Å². The largest absolute Gasteiger partial charge is 0.313 e. The highest BCUT2D eigenvalue weighted by molar-refractivity contribution is 5.64. The Morgan fingerprint density at radius 3 is 2.53 bits per heavy atom. The lowest BCUT2D eigenvalue weighted by Crippen LogP contribution is -2.12. The van der Waals surface area contributed by atoms with Gasteiger partial charge in [-0.05, 0) is 37.7 Å². The number of aromatic nitrogens is 1. The Morgan fingerprint density at radius 1 is 1.11 bits per heavy atom. The predicted molar refractivity (Wildman–Crippen MR) is 67.0 cm³/mol. The molecule has 0 amide bonds. The number of nitrogens with zero attached hydrogens (tertiary/aromatic N) is 1. The minimum Gasteiger partial charge on any atom is -0.313 e. The summed E-state index contributed by atoms with van der Waals surface area (Å²) in [5.74, 6) is -3.87. The van der Waals surface area contributed by atoms with Crippen LogP contribution in [0.25, 0.3) is 11.1 Å². The lowest BCUT2D eigenvalue weighted by Gasteiger charge is -2.12. The highest BCUT2D eigenvalue weighted by Crippen LogP contribution is 2.27. The van der Waals surface area contributed by atoms with Gasteiger partial charge in [-0.2, -0.15) is 0 Å². The van der Waals surface area contributed by atoms with Crippen molar-refractivity contribution in [1.29, 1.82) is 0 Å². The number of hydrogen-bond acceptors (Lipinski definition) is 2. The molecular weight excluding hydrogens is 253 g/mol. The normalized spacial score (nSPS) is 12.5. The molecule has 5 heteroatoms. The Balaban J connectivity index is 2.51.